The van der Waals surface area contributed by atoms with Gasteiger partial charge in [0.05, 0.1) is 32.2 Å². The molecule has 0 aliphatic carbocycles. The molecular formula is C12H5Cl5O2S. The van der Waals surface area contributed by atoms with Gasteiger partial charge < -0.3 is 4.74 Å². The van der Waals surface area contributed by atoms with Gasteiger partial charge in [0, 0.05) is 10.4 Å². The molecule has 0 radical (unpaired) electrons. The summed E-state index contributed by atoms with van der Waals surface area (Å²) >= 11 is 31.4. The standard InChI is InChI=1S/C12H5Cl5O2S/c1-19-12(18)5-3-2-4(20-5)6-7(13)9(15)11(17)10(16)8(6)14/h2-3H,1H3. The second-order valence-corrected chi connectivity index (χ2v) is 6.57. The summed E-state index contributed by atoms with van der Waals surface area (Å²) < 4.78 is 4.64. The molecule has 0 saturated heterocycles. The van der Waals surface area contributed by atoms with Crippen molar-refractivity contribution in [2.24, 2.45) is 0 Å². The van der Waals surface area contributed by atoms with E-state index < -0.39 is 5.97 Å². The molecule has 0 aliphatic heterocycles. The molecular weight excluding hydrogens is 385 g/mol. The molecule has 20 heavy (non-hydrogen) atoms. The number of carbonyl (C=O) groups excluding carboxylic acids is 1. The minimum atomic E-state index is -0.445. The summed E-state index contributed by atoms with van der Waals surface area (Å²) in [5.74, 6) is -0.445. The van der Waals surface area contributed by atoms with Gasteiger partial charge >= 0.3 is 5.97 Å². The second kappa shape index (κ2) is 6.30. The van der Waals surface area contributed by atoms with Crippen LogP contribution in [0.4, 0.5) is 0 Å². The van der Waals surface area contributed by atoms with Gasteiger partial charge in [-0.15, -0.1) is 11.3 Å². The van der Waals surface area contributed by atoms with Crippen LogP contribution in [0.25, 0.3) is 10.4 Å². The van der Waals surface area contributed by atoms with Gasteiger partial charge in [-0.1, -0.05) is 58.0 Å². The van der Waals surface area contributed by atoms with Gasteiger partial charge in [-0.3, -0.25) is 0 Å². The monoisotopic (exact) mass is 388 g/mol. The van der Waals surface area contributed by atoms with Crippen LogP contribution in [0.5, 0.6) is 0 Å². The van der Waals surface area contributed by atoms with Crippen molar-refractivity contribution in [3.05, 3.63) is 42.1 Å². The Labute approximate surface area is 144 Å². The average Bonchev–Trinajstić information content (AvgIpc) is 2.92. The van der Waals surface area contributed by atoms with Crippen molar-refractivity contribution < 1.29 is 9.53 Å². The number of esters is 1. The smallest absolute Gasteiger partial charge is 0.348 e. The molecule has 0 atom stereocenters. The van der Waals surface area contributed by atoms with Crippen LogP contribution in [-0.4, -0.2) is 13.1 Å². The zero-order chi connectivity index (χ0) is 15.0. The van der Waals surface area contributed by atoms with Crippen LogP contribution >= 0.6 is 69.3 Å². The minimum absolute atomic E-state index is 0.0943. The van der Waals surface area contributed by atoms with E-state index >= 15 is 0 Å². The van der Waals surface area contributed by atoms with Crippen LogP contribution in [0.3, 0.4) is 0 Å². The normalized spacial score (nSPS) is 10.7. The van der Waals surface area contributed by atoms with Crippen LogP contribution in [-0.2, 0) is 4.74 Å². The van der Waals surface area contributed by atoms with Crippen LogP contribution in [0.1, 0.15) is 9.67 Å². The highest BCUT2D eigenvalue weighted by Crippen LogP contribution is 2.49. The summed E-state index contributed by atoms with van der Waals surface area (Å²) in [4.78, 5) is 12.5. The van der Waals surface area contributed by atoms with Crippen molar-refractivity contribution in [1.82, 2.24) is 0 Å². The third kappa shape index (κ3) is 2.76. The largest absolute Gasteiger partial charge is 0.465 e. The van der Waals surface area contributed by atoms with Crippen molar-refractivity contribution in [3.63, 3.8) is 0 Å². The fourth-order valence-corrected chi connectivity index (χ4v) is 3.94. The number of ether oxygens (including phenoxy) is 1. The van der Waals surface area contributed by atoms with E-state index in [4.69, 9.17) is 58.0 Å². The first-order chi connectivity index (χ1) is 9.38. The number of benzene rings is 1. The summed E-state index contributed by atoms with van der Waals surface area (Å²) in [5, 5.41) is 0.696. The summed E-state index contributed by atoms with van der Waals surface area (Å²) in [7, 11) is 1.30. The van der Waals surface area contributed by atoms with Gasteiger partial charge in [0.1, 0.15) is 4.88 Å². The number of carbonyl (C=O) groups is 1. The molecule has 1 aromatic heterocycles. The molecule has 0 N–H and O–H groups in total. The highest BCUT2D eigenvalue weighted by atomic mass is 35.5. The predicted molar refractivity (Wildman–Crippen MR) is 86.1 cm³/mol. The average molecular weight is 391 g/mol. The van der Waals surface area contributed by atoms with E-state index in [9.17, 15) is 4.79 Å². The van der Waals surface area contributed by atoms with Crippen molar-refractivity contribution in [2.45, 2.75) is 0 Å². The first-order valence-corrected chi connectivity index (χ1v) is 7.79. The van der Waals surface area contributed by atoms with E-state index in [0.717, 1.165) is 0 Å². The Morgan fingerprint density at radius 2 is 1.45 bits per heavy atom. The fourth-order valence-electron chi connectivity index (χ4n) is 1.50. The number of hydrogen-bond acceptors (Lipinski definition) is 3. The van der Waals surface area contributed by atoms with Crippen molar-refractivity contribution in [2.75, 3.05) is 7.11 Å². The summed E-state index contributed by atoms with van der Waals surface area (Å²) in [6.45, 7) is 0. The van der Waals surface area contributed by atoms with Gasteiger partial charge in [-0.05, 0) is 12.1 Å². The van der Waals surface area contributed by atoms with Gasteiger partial charge in [0.25, 0.3) is 0 Å². The predicted octanol–water partition coefficient (Wildman–Crippen LogP) is 6.47. The van der Waals surface area contributed by atoms with Crippen LogP contribution in [0, 0.1) is 0 Å². The van der Waals surface area contributed by atoms with Crippen molar-refractivity contribution in [1.29, 1.82) is 0 Å². The Hall–Kier alpha value is -0.160. The first kappa shape index (κ1) is 16.2. The molecule has 2 rings (SSSR count). The molecule has 0 spiro atoms. The van der Waals surface area contributed by atoms with Crippen LogP contribution in [0.15, 0.2) is 12.1 Å². The molecule has 0 saturated carbocycles. The Morgan fingerprint density at radius 3 is 1.95 bits per heavy atom. The molecule has 1 aromatic carbocycles. The van der Waals surface area contributed by atoms with Gasteiger partial charge in [-0.25, -0.2) is 4.79 Å². The Bertz CT molecular complexity index is 666. The quantitative estimate of drug-likeness (QED) is 0.334. The topological polar surface area (TPSA) is 26.3 Å². The van der Waals surface area contributed by atoms with Gasteiger partial charge in [0.2, 0.25) is 0 Å². The van der Waals surface area contributed by atoms with E-state index in [1.54, 1.807) is 12.1 Å². The maximum atomic E-state index is 11.5. The van der Waals surface area contributed by atoms with Crippen molar-refractivity contribution in [3.8, 4) is 10.4 Å². The lowest BCUT2D eigenvalue weighted by Gasteiger charge is -2.10. The molecule has 2 nitrogen and oxygen atoms in total. The van der Waals surface area contributed by atoms with Gasteiger partial charge in [-0.2, -0.15) is 0 Å². The zero-order valence-electron chi connectivity index (χ0n) is 9.77. The second-order valence-electron chi connectivity index (χ2n) is 3.60. The van der Waals surface area contributed by atoms with Crippen molar-refractivity contribution >= 4 is 75.3 Å². The van der Waals surface area contributed by atoms with Gasteiger partial charge in [0.15, 0.2) is 0 Å². The Morgan fingerprint density at radius 1 is 0.950 bits per heavy atom. The minimum Gasteiger partial charge on any atom is -0.465 e. The third-order valence-corrected chi connectivity index (χ3v) is 5.81. The molecule has 2 aromatic rings. The van der Waals surface area contributed by atoms with E-state index in [2.05, 4.69) is 4.74 Å². The molecule has 0 amide bonds. The number of hydrogen-bond donors (Lipinski definition) is 0. The number of rotatable bonds is 2. The Balaban J connectivity index is 2.64. The Kier molecular flexibility index (Phi) is 5.11. The maximum Gasteiger partial charge on any atom is 0.348 e. The molecule has 0 unspecified atom stereocenters. The molecule has 0 fully saturated rings. The summed E-state index contributed by atoms with van der Waals surface area (Å²) in [6, 6.07) is 3.29. The summed E-state index contributed by atoms with van der Waals surface area (Å²) in [5.41, 5.74) is 0.438. The molecule has 1 heterocycles. The third-order valence-electron chi connectivity index (χ3n) is 2.45. The van der Waals surface area contributed by atoms with Crippen LogP contribution in [0.2, 0.25) is 25.1 Å². The lowest BCUT2D eigenvalue weighted by molar-refractivity contribution is 0.0606. The molecule has 8 heteroatoms. The van der Waals surface area contributed by atoms with E-state index in [0.29, 0.717) is 15.3 Å². The SMILES string of the molecule is COC(=O)c1ccc(-c2c(Cl)c(Cl)c(Cl)c(Cl)c2Cl)s1. The highest BCUT2D eigenvalue weighted by Gasteiger charge is 2.22. The fraction of sp³-hybridized carbons (Fsp3) is 0.0833. The van der Waals surface area contributed by atoms with E-state index in [1.165, 1.54) is 18.4 Å². The molecule has 106 valence electrons. The number of methoxy groups -OCH3 is 1. The summed E-state index contributed by atoms with van der Waals surface area (Å²) in [6.07, 6.45) is 0. The molecule has 0 bridgehead atoms. The van der Waals surface area contributed by atoms with E-state index in [1.807, 2.05) is 0 Å². The number of thiophene rings is 1. The lowest BCUT2D eigenvalue weighted by atomic mass is 10.2. The van der Waals surface area contributed by atoms with Crippen LogP contribution < -0.4 is 0 Å². The maximum absolute atomic E-state index is 11.5. The number of halogens is 5. The lowest BCUT2D eigenvalue weighted by Crippen LogP contribution is -1.96. The van der Waals surface area contributed by atoms with E-state index in [-0.39, 0.29) is 25.1 Å². The first-order valence-electron chi connectivity index (χ1n) is 5.08. The molecule has 0 aliphatic rings. The highest BCUT2D eigenvalue weighted by molar-refractivity contribution is 7.17. The zero-order valence-corrected chi connectivity index (χ0v) is 14.4.